The van der Waals surface area contributed by atoms with Gasteiger partial charge in [-0.15, -0.1) is 0 Å². The fraction of sp³-hybridized carbons (Fsp3) is 0.917. The van der Waals surface area contributed by atoms with Gasteiger partial charge in [-0.1, -0.05) is 6.92 Å². The lowest BCUT2D eigenvalue weighted by Gasteiger charge is -2.34. The van der Waals surface area contributed by atoms with Crippen LogP contribution in [0.1, 0.15) is 19.8 Å². The Labute approximate surface area is 102 Å². The minimum Gasteiger partial charge on any atom is -0.382 e. The van der Waals surface area contributed by atoms with E-state index in [9.17, 15) is 4.79 Å². The molecular weight excluding hydrogens is 224 g/mol. The monoisotopic (exact) mass is 246 g/mol. The van der Waals surface area contributed by atoms with Gasteiger partial charge in [-0.25, -0.2) is 0 Å². The summed E-state index contributed by atoms with van der Waals surface area (Å²) in [7, 11) is 1.63. The molecule has 2 atom stereocenters. The molecule has 0 bridgehead atoms. The first-order valence-electron chi connectivity index (χ1n) is 6.12. The van der Waals surface area contributed by atoms with Crippen molar-refractivity contribution in [1.82, 2.24) is 0 Å². The van der Waals surface area contributed by atoms with Crippen molar-refractivity contribution in [2.75, 3.05) is 40.1 Å². The molecule has 0 radical (unpaired) electrons. The number of hydrogen-bond acceptors (Lipinski definition) is 5. The Morgan fingerprint density at radius 3 is 2.53 bits per heavy atom. The second kappa shape index (κ2) is 8.58. The van der Waals surface area contributed by atoms with Crippen molar-refractivity contribution in [1.29, 1.82) is 0 Å². The summed E-state index contributed by atoms with van der Waals surface area (Å²) in [6.07, 6.45) is 0.942. The minimum absolute atomic E-state index is 0.0833. The summed E-state index contributed by atoms with van der Waals surface area (Å²) in [6, 6.07) is 0. The number of ketones is 1. The van der Waals surface area contributed by atoms with Crippen LogP contribution in [0.2, 0.25) is 0 Å². The lowest BCUT2D eigenvalue weighted by Crippen LogP contribution is -2.50. The maximum absolute atomic E-state index is 11.3. The Kier molecular flexibility index (Phi) is 7.35. The van der Waals surface area contributed by atoms with Gasteiger partial charge in [-0.05, 0) is 6.42 Å². The third-order valence-corrected chi connectivity index (χ3v) is 2.55. The Bertz CT molecular complexity index is 219. The van der Waals surface area contributed by atoms with Crippen LogP contribution in [0.15, 0.2) is 0 Å². The van der Waals surface area contributed by atoms with Gasteiger partial charge in [0, 0.05) is 20.1 Å². The number of methoxy groups -OCH3 is 1. The maximum atomic E-state index is 11.3. The van der Waals surface area contributed by atoms with Crippen molar-refractivity contribution >= 4 is 5.78 Å². The first kappa shape index (κ1) is 14.6. The number of rotatable bonds is 10. The van der Waals surface area contributed by atoms with E-state index in [0.29, 0.717) is 39.5 Å². The van der Waals surface area contributed by atoms with Gasteiger partial charge in [0.15, 0.2) is 5.78 Å². The molecule has 1 rings (SSSR count). The summed E-state index contributed by atoms with van der Waals surface area (Å²) in [4.78, 5) is 11.3. The van der Waals surface area contributed by atoms with Gasteiger partial charge in [0.05, 0.1) is 32.5 Å². The van der Waals surface area contributed by atoms with E-state index in [1.165, 1.54) is 0 Å². The number of carbonyl (C=O) groups is 1. The summed E-state index contributed by atoms with van der Waals surface area (Å²) >= 11 is 0. The van der Waals surface area contributed by atoms with E-state index in [1.807, 2.05) is 6.92 Å². The van der Waals surface area contributed by atoms with Crippen LogP contribution in [0.3, 0.4) is 0 Å². The highest BCUT2D eigenvalue weighted by Gasteiger charge is 2.41. The first-order valence-corrected chi connectivity index (χ1v) is 6.12. The Morgan fingerprint density at radius 2 is 1.88 bits per heavy atom. The number of Topliss-reactive ketones (excluding diaryl/α,β-unsaturated/α-hetero) is 1. The smallest absolute Gasteiger partial charge is 0.166 e. The highest BCUT2D eigenvalue weighted by atomic mass is 16.6. The predicted octanol–water partition coefficient (Wildman–Crippen LogP) is 0.803. The highest BCUT2D eigenvalue weighted by Crippen LogP contribution is 2.22. The Hall–Kier alpha value is -0.490. The molecule has 0 N–H and O–H groups in total. The van der Waals surface area contributed by atoms with Crippen molar-refractivity contribution in [3.05, 3.63) is 0 Å². The van der Waals surface area contributed by atoms with Gasteiger partial charge < -0.3 is 18.9 Å². The summed E-state index contributed by atoms with van der Waals surface area (Å²) < 4.78 is 21.0. The van der Waals surface area contributed by atoms with Crippen LogP contribution in [0, 0.1) is 0 Å². The topological polar surface area (TPSA) is 54.0 Å². The first-order chi connectivity index (χ1) is 8.29. The number of ether oxygens (including phenoxy) is 4. The lowest BCUT2D eigenvalue weighted by atomic mass is 9.90. The van der Waals surface area contributed by atoms with Gasteiger partial charge >= 0.3 is 0 Å². The molecule has 0 saturated heterocycles. The zero-order valence-electron chi connectivity index (χ0n) is 10.6. The summed E-state index contributed by atoms with van der Waals surface area (Å²) in [5.41, 5.74) is 0. The third-order valence-electron chi connectivity index (χ3n) is 2.55. The molecule has 0 aromatic rings. The number of hydrogen-bond donors (Lipinski definition) is 0. The highest BCUT2D eigenvalue weighted by molar-refractivity contribution is 5.90. The van der Waals surface area contributed by atoms with Gasteiger partial charge in [-0.2, -0.15) is 0 Å². The SMILES string of the molecule is CCCOC1C(=O)CC1OCCOCCOC. The fourth-order valence-corrected chi connectivity index (χ4v) is 1.56. The molecule has 1 aliphatic carbocycles. The van der Waals surface area contributed by atoms with Crippen molar-refractivity contribution in [3.8, 4) is 0 Å². The molecule has 0 aliphatic heterocycles. The van der Waals surface area contributed by atoms with Crippen LogP contribution in [0.5, 0.6) is 0 Å². The van der Waals surface area contributed by atoms with Crippen LogP contribution in [0.25, 0.3) is 0 Å². The van der Waals surface area contributed by atoms with Crippen LogP contribution < -0.4 is 0 Å². The van der Waals surface area contributed by atoms with E-state index < -0.39 is 0 Å². The zero-order valence-corrected chi connectivity index (χ0v) is 10.6. The molecule has 1 aliphatic rings. The summed E-state index contributed by atoms with van der Waals surface area (Å²) in [5.74, 6) is 0.142. The molecule has 2 unspecified atom stereocenters. The van der Waals surface area contributed by atoms with Gasteiger partial charge in [0.1, 0.15) is 6.10 Å². The largest absolute Gasteiger partial charge is 0.382 e. The van der Waals surface area contributed by atoms with E-state index in [1.54, 1.807) is 7.11 Å². The molecule has 1 saturated carbocycles. The Balaban J connectivity index is 2.01. The molecule has 0 aromatic carbocycles. The van der Waals surface area contributed by atoms with Crippen molar-refractivity contribution in [2.45, 2.75) is 32.0 Å². The summed E-state index contributed by atoms with van der Waals surface area (Å²) in [6.45, 7) is 4.80. The lowest BCUT2D eigenvalue weighted by molar-refractivity contribution is -0.167. The van der Waals surface area contributed by atoms with Crippen molar-refractivity contribution in [2.24, 2.45) is 0 Å². The predicted molar refractivity (Wildman–Crippen MR) is 62.1 cm³/mol. The van der Waals surface area contributed by atoms with Crippen molar-refractivity contribution < 1.29 is 23.7 Å². The molecule has 1 fully saturated rings. The zero-order chi connectivity index (χ0) is 12.5. The molecule has 5 nitrogen and oxygen atoms in total. The van der Waals surface area contributed by atoms with Crippen molar-refractivity contribution in [3.63, 3.8) is 0 Å². The van der Waals surface area contributed by atoms with E-state index >= 15 is 0 Å². The van der Waals surface area contributed by atoms with Gasteiger partial charge in [0.2, 0.25) is 0 Å². The molecule has 0 spiro atoms. The molecule has 5 heteroatoms. The van der Waals surface area contributed by atoms with E-state index in [-0.39, 0.29) is 18.0 Å². The fourth-order valence-electron chi connectivity index (χ4n) is 1.56. The summed E-state index contributed by atoms with van der Waals surface area (Å²) in [5, 5.41) is 0. The van der Waals surface area contributed by atoms with E-state index in [4.69, 9.17) is 18.9 Å². The number of carbonyl (C=O) groups excluding carboxylic acids is 1. The van der Waals surface area contributed by atoms with Crippen LogP contribution in [0.4, 0.5) is 0 Å². The van der Waals surface area contributed by atoms with Crippen LogP contribution in [-0.4, -0.2) is 58.1 Å². The molecule has 0 heterocycles. The second-order valence-corrected chi connectivity index (χ2v) is 3.98. The minimum atomic E-state index is -0.353. The average Bonchev–Trinajstić information content (AvgIpc) is 2.32. The van der Waals surface area contributed by atoms with Crippen LogP contribution in [-0.2, 0) is 23.7 Å². The second-order valence-electron chi connectivity index (χ2n) is 3.98. The maximum Gasteiger partial charge on any atom is 0.166 e. The van der Waals surface area contributed by atoms with Gasteiger partial charge in [-0.3, -0.25) is 4.79 Å². The Morgan fingerprint density at radius 1 is 1.12 bits per heavy atom. The molecule has 0 amide bonds. The van der Waals surface area contributed by atoms with E-state index in [2.05, 4.69) is 0 Å². The average molecular weight is 246 g/mol. The molecular formula is C12H22O5. The third kappa shape index (κ3) is 5.12. The van der Waals surface area contributed by atoms with Gasteiger partial charge in [0.25, 0.3) is 0 Å². The standard InChI is InChI=1S/C12H22O5/c1-3-4-17-12-10(13)9-11(12)16-8-7-15-6-5-14-2/h11-12H,3-9H2,1-2H3. The van der Waals surface area contributed by atoms with E-state index in [0.717, 1.165) is 6.42 Å². The van der Waals surface area contributed by atoms with Crippen LogP contribution >= 0.6 is 0 Å². The quantitative estimate of drug-likeness (QED) is 0.534. The molecule has 17 heavy (non-hydrogen) atoms. The molecule has 0 aromatic heterocycles. The normalized spacial score (nSPS) is 23.8. The molecule has 100 valence electrons.